The van der Waals surface area contributed by atoms with Gasteiger partial charge in [0.1, 0.15) is 5.75 Å². The van der Waals surface area contributed by atoms with E-state index in [1.54, 1.807) is 24.3 Å². The summed E-state index contributed by atoms with van der Waals surface area (Å²) < 4.78 is 7.20. The highest BCUT2D eigenvalue weighted by molar-refractivity contribution is 7.98. The Balaban J connectivity index is 1.48. The van der Waals surface area contributed by atoms with Crippen molar-refractivity contribution in [2.24, 2.45) is 7.05 Å². The molecule has 0 aliphatic carbocycles. The smallest absolute Gasteiger partial charge is 0.261 e. The maximum Gasteiger partial charge on any atom is 0.261 e. The number of para-hydroxylation sites is 1. The predicted octanol–water partition coefficient (Wildman–Crippen LogP) is 3.84. The number of aromatic nitrogens is 5. The van der Waals surface area contributed by atoms with Crippen molar-refractivity contribution < 1.29 is 9.63 Å². The van der Waals surface area contributed by atoms with E-state index in [9.17, 15) is 5.11 Å². The van der Waals surface area contributed by atoms with E-state index < -0.39 is 0 Å². The molecular formula is C19H17N5O2S. The van der Waals surface area contributed by atoms with E-state index >= 15 is 0 Å². The predicted molar refractivity (Wildman–Crippen MR) is 102 cm³/mol. The van der Waals surface area contributed by atoms with Crippen molar-refractivity contribution in [2.75, 3.05) is 0 Å². The van der Waals surface area contributed by atoms with E-state index in [2.05, 4.69) is 39.4 Å². The van der Waals surface area contributed by atoms with Crippen molar-refractivity contribution in [3.63, 3.8) is 0 Å². The van der Waals surface area contributed by atoms with Crippen LogP contribution in [0, 0.1) is 6.92 Å². The number of phenols is 1. The van der Waals surface area contributed by atoms with Crippen molar-refractivity contribution in [2.45, 2.75) is 17.8 Å². The minimum atomic E-state index is 0.108. The lowest BCUT2D eigenvalue weighted by molar-refractivity contribution is 0.419. The highest BCUT2D eigenvalue weighted by Crippen LogP contribution is 2.29. The first-order valence-electron chi connectivity index (χ1n) is 8.32. The molecule has 0 saturated heterocycles. The van der Waals surface area contributed by atoms with Crippen LogP contribution in [0.4, 0.5) is 0 Å². The van der Waals surface area contributed by atoms with E-state index in [0.717, 1.165) is 16.5 Å². The van der Waals surface area contributed by atoms with Gasteiger partial charge in [0.2, 0.25) is 0 Å². The second-order valence-electron chi connectivity index (χ2n) is 6.05. The maximum absolute atomic E-state index is 9.89. The molecule has 4 rings (SSSR count). The van der Waals surface area contributed by atoms with E-state index in [1.165, 1.54) is 17.3 Å². The molecule has 0 spiro atoms. The second-order valence-corrected chi connectivity index (χ2v) is 7.00. The molecule has 7 nitrogen and oxygen atoms in total. The number of rotatable bonds is 5. The van der Waals surface area contributed by atoms with E-state index in [0.29, 0.717) is 23.0 Å². The monoisotopic (exact) mass is 379 g/mol. The van der Waals surface area contributed by atoms with Gasteiger partial charge in [0.05, 0.1) is 11.3 Å². The number of hydrogen-bond donors (Lipinski definition) is 1. The number of thioether (sulfide) groups is 1. The zero-order valence-electron chi connectivity index (χ0n) is 14.8. The van der Waals surface area contributed by atoms with Crippen LogP contribution in [0.2, 0.25) is 0 Å². The molecule has 0 aliphatic heterocycles. The van der Waals surface area contributed by atoms with E-state index in [1.807, 2.05) is 23.7 Å². The molecule has 0 bridgehead atoms. The van der Waals surface area contributed by atoms with Crippen molar-refractivity contribution in [3.05, 3.63) is 59.9 Å². The molecule has 0 amide bonds. The van der Waals surface area contributed by atoms with Crippen LogP contribution in [-0.2, 0) is 12.8 Å². The third-order valence-electron chi connectivity index (χ3n) is 4.08. The van der Waals surface area contributed by atoms with Gasteiger partial charge in [0, 0.05) is 12.6 Å². The highest BCUT2D eigenvalue weighted by atomic mass is 32.2. The van der Waals surface area contributed by atoms with Crippen molar-refractivity contribution >= 4 is 11.8 Å². The molecule has 1 N–H and O–H groups in total. The summed E-state index contributed by atoms with van der Waals surface area (Å²) in [6, 6.07) is 15.0. The standard InChI is InChI=1S/C19H17N5O2S/c1-12-7-9-13(10-8-12)17-21-22-19(24(17)2)27-11-16-20-18(26-23-16)14-5-3-4-6-15(14)25/h3-10,25H,11H2,1-2H3. The zero-order chi connectivity index (χ0) is 18.8. The fraction of sp³-hybridized carbons (Fsp3) is 0.158. The van der Waals surface area contributed by atoms with Gasteiger partial charge in [0.15, 0.2) is 16.8 Å². The van der Waals surface area contributed by atoms with E-state index in [-0.39, 0.29) is 5.75 Å². The van der Waals surface area contributed by atoms with Crippen molar-refractivity contribution in [3.8, 4) is 28.6 Å². The summed E-state index contributed by atoms with van der Waals surface area (Å²) in [6.45, 7) is 2.05. The molecule has 2 aromatic heterocycles. The molecular weight excluding hydrogens is 362 g/mol. The van der Waals surface area contributed by atoms with Crippen LogP contribution in [0.25, 0.3) is 22.8 Å². The summed E-state index contributed by atoms with van der Waals surface area (Å²) in [4.78, 5) is 4.34. The van der Waals surface area contributed by atoms with E-state index in [4.69, 9.17) is 4.52 Å². The van der Waals surface area contributed by atoms with Crippen LogP contribution >= 0.6 is 11.8 Å². The van der Waals surface area contributed by atoms with Gasteiger partial charge in [-0.15, -0.1) is 10.2 Å². The van der Waals surface area contributed by atoms with Crippen LogP contribution in [0.1, 0.15) is 11.4 Å². The Kier molecular flexibility index (Phi) is 4.64. The lowest BCUT2D eigenvalue weighted by Crippen LogP contribution is -1.95. The third-order valence-corrected chi connectivity index (χ3v) is 5.09. The summed E-state index contributed by atoms with van der Waals surface area (Å²) in [7, 11) is 1.93. The SMILES string of the molecule is Cc1ccc(-c2nnc(SCc3noc(-c4ccccc4O)n3)n2C)cc1. The van der Waals surface area contributed by atoms with Crippen LogP contribution < -0.4 is 0 Å². The second kappa shape index (κ2) is 7.24. The number of phenolic OH excluding ortho intramolecular Hbond substituents is 1. The van der Waals surface area contributed by atoms with Gasteiger partial charge in [-0.1, -0.05) is 58.9 Å². The minimum Gasteiger partial charge on any atom is -0.507 e. The summed E-state index contributed by atoms with van der Waals surface area (Å²) in [5, 5.41) is 23.2. The summed E-state index contributed by atoms with van der Waals surface area (Å²) in [5.74, 6) is 2.22. The zero-order valence-corrected chi connectivity index (χ0v) is 15.6. The normalized spacial score (nSPS) is 11.0. The van der Waals surface area contributed by atoms with Gasteiger partial charge in [-0.2, -0.15) is 4.98 Å². The minimum absolute atomic E-state index is 0.108. The Morgan fingerprint density at radius 3 is 2.63 bits per heavy atom. The Bertz CT molecular complexity index is 1070. The Morgan fingerprint density at radius 1 is 1.07 bits per heavy atom. The number of nitrogens with zero attached hydrogens (tertiary/aromatic N) is 5. The topological polar surface area (TPSA) is 89.9 Å². The quantitative estimate of drug-likeness (QED) is 0.527. The number of hydrogen-bond acceptors (Lipinski definition) is 7. The maximum atomic E-state index is 9.89. The number of aryl methyl sites for hydroxylation is 1. The summed E-state index contributed by atoms with van der Waals surface area (Å²) >= 11 is 1.47. The van der Waals surface area contributed by atoms with Gasteiger partial charge in [0.25, 0.3) is 5.89 Å². The Hall–Kier alpha value is -3.13. The van der Waals surface area contributed by atoms with Gasteiger partial charge in [-0.05, 0) is 19.1 Å². The number of aromatic hydroxyl groups is 1. The van der Waals surface area contributed by atoms with Gasteiger partial charge in [-0.3, -0.25) is 0 Å². The molecule has 2 aromatic carbocycles. The largest absolute Gasteiger partial charge is 0.507 e. The summed E-state index contributed by atoms with van der Waals surface area (Å²) in [6.07, 6.45) is 0. The molecule has 4 aromatic rings. The highest BCUT2D eigenvalue weighted by Gasteiger charge is 2.15. The van der Waals surface area contributed by atoms with Crippen molar-refractivity contribution in [1.82, 2.24) is 24.9 Å². The fourth-order valence-corrected chi connectivity index (χ4v) is 3.35. The Morgan fingerprint density at radius 2 is 1.85 bits per heavy atom. The molecule has 27 heavy (non-hydrogen) atoms. The Labute approximate surface area is 160 Å². The fourth-order valence-electron chi connectivity index (χ4n) is 2.60. The molecule has 8 heteroatoms. The molecule has 0 fully saturated rings. The van der Waals surface area contributed by atoms with Gasteiger partial charge < -0.3 is 14.2 Å². The first-order chi connectivity index (χ1) is 13.1. The molecule has 0 atom stereocenters. The lowest BCUT2D eigenvalue weighted by Gasteiger charge is -2.03. The van der Waals surface area contributed by atoms with Crippen LogP contribution in [0.3, 0.4) is 0 Å². The van der Waals surface area contributed by atoms with Crippen LogP contribution in [-0.4, -0.2) is 30.0 Å². The van der Waals surface area contributed by atoms with Gasteiger partial charge >= 0.3 is 0 Å². The van der Waals surface area contributed by atoms with Crippen molar-refractivity contribution in [1.29, 1.82) is 0 Å². The third kappa shape index (κ3) is 3.56. The average Bonchev–Trinajstić information content (AvgIpc) is 3.28. The molecule has 0 saturated carbocycles. The van der Waals surface area contributed by atoms with Gasteiger partial charge in [-0.25, -0.2) is 0 Å². The number of benzene rings is 2. The summed E-state index contributed by atoms with van der Waals surface area (Å²) in [5.41, 5.74) is 2.73. The molecule has 0 aliphatic rings. The molecule has 0 unspecified atom stereocenters. The molecule has 2 heterocycles. The molecule has 0 radical (unpaired) electrons. The average molecular weight is 379 g/mol. The first kappa shape index (κ1) is 17.3. The molecule has 136 valence electrons. The van der Waals surface area contributed by atoms with Crippen LogP contribution in [0.15, 0.2) is 58.2 Å². The lowest BCUT2D eigenvalue weighted by atomic mass is 10.1. The first-order valence-corrected chi connectivity index (χ1v) is 9.30. The van der Waals surface area contributed by atoms with Crippen LogP contribution in [0.5, 0.6) is 5.75 Å².